The first kappa shape index (κ1) is 19.0. The summed E-state index contributed by atoms with van der Waals surface area (Å²) >= 11 is 0. The lowest BCUT2D eigenvalue weighted by Gasteiger charge is -2.42. The number of piperazine rings is 1. The summed E-state index contributed by atoms with van der Waals surface area (Å²) in [5.74, 6) is 1.48. The summed E-state index contributed by atoms with van der Waals surface area (Å²) in [5.41, 5.74) is 2.30. The van der Waals surface area contributed by atoms with Crippen molar-refractivity contribution in [2.45, 2.75) is 53.5 Å². The van der Waals surface area contributed by atoms with Crippen LogP contribution in [0.5, 0.6) is 0 Å². The highest BCUT2D eigenvalue weighted by atomic mass is 16.2. The Labute approximate surface area is 148 Å². The van der Waals surface area contributed by atoms with Crippen molar-refractivity contribution in [3.8, 4) is 0 Å². The van der Waals surface area contributed by atoms with Gasteiger partial charge in [-0.25, -0.2) is 0 Å². The molecule has 1 aromatic rings. The molecule has 1 aliphatic rings. The Balaban J connectivity index is 2.01. The van der Waals surface area contributed by atoms with Crippen LogP contribution in [0.4, 0.5) is 0 Å². The maximum atomic E-state index is 12.8. The zero-order chi connectivity index (χ0) is 17.9. The van der Waals surface area contributed by atoms with Crippen molar-refractivity contribution in [2.75, 3.05) is 26.2 Å². The number of nitrogens with zero attached hydrogens (tertiary/aromatic N) is 2. The standard InChI is InChI=1S/C21H34N2O/c1-16(2)17(3)14-18-8-7-9-19(15-18)20(24)22-10-12-23(13-11-22)21(4,5)6/h7-9,15-17H,10-14H2,1-6H3/t17-/m1/s1. The summed E-state index contributed by atoms with van der Waals surface area (Å²) in [7, 11) is 0. The van der Waals surface area contributed by atoms with Gasteiger partial charge >= 0.3 is 0 Å². The highest BCUT2D eigenvalue weighted by Crippen LogP contribution is 2.20. The van der Waals surface area contributed by atoms with E-state index >= 15 is 0 Å². The van der Waals surface area contributed by atoms with Crippen LogP contribution in [-0.4, -0.2) is 47.4 Å². The van der Waals surface area contributed by atoms with Crippen LogP contribution in [0, 0.1) is 11.8 Å². The smallest absolute Gasteiger partial charge is 0.253 e. The fourth-order valence-corrected chi connectivity index (χ4v) is 3.20. The lowest BCUT2D eigenvalue weighted by atomic mass is 9.90. The van der Waals surface area contributed by atoms with Crippen molar-refractivity contribution in [3.05, 3.63) is 35.4 Å². The zero-order valence-corrected chi connectivity index (χ0v) is 16.3. The minimum atomic E-state index is 0.183. The average molecular weight is 331 g/mol. The van der Waals surface area contributed by atoms with Gasteiger partial charge in [0.1, 0.15) is 0 Å². The van der Waals surface area contributed by atoms with E-state index in [9.17, 15) is 4.79 Å². The van der Waals surface area contributed by atoms with Crippen LogP contribution >= 0.6 is 0 Å². The molecule has 0 N–H and O–H groups in total. The van der Waals surface area contributed by atoms with E-state index in [0.29, 0.717) is 11.8 Å². The van der Waals surface area contributed by atoms with E-state index < -0.39 is 0 Å². The zero-order valence-electron chi connectivity index (χ0n) is 16.3. The van der Waals surface area contributed by atoms with Gasteiger partial charge in [-0.05, 0) is 56.7 Å². The van der Waals surface area contributed by atoms with Gasteiger partial charge in [0, 0.05) is 37.3 Å². The number of amides is 1. The van der Waals surface area contributed by atoms with Crippen LogP contribution in [0.25, 0.3) is 0 Å². The largest absolute Gasteiger partial charge is 0.336 e. The van der Waals surface area contributed by atoms with Gasteiger partial charge in [-0.2, -0.15) is 0 Å². The van der Waals surface area contributed by atoms with Crippen molar-refractivity contribution < 1.29 is 4.79 Å². The molecule has 24 heavy (non-hydrogen) atoms. The monoisotopic (exact) mass is 330 g/mol. The lowest BCUT2D eigenvalue weighted by Crippen LogP contribution is -2.54. The molecule has 1 amide bonds. The molecule has 1 fully saturated rings. The SMILES string of the molecule is CC(C)[C@H](C)Cc1cccc(C(=O)N2CCN(C(C)(C)C)CC2)c1. The van der Waals surface area contributed by atoms with Crippen LogP contribution in [0.15, 0.2) is 24.3 Å². The number of carbonyl (C=O) groups excluding carboxylic acids is 1. The van der Waals surface area contributed by atoms with Gasteiger partial charge < -0.3 is 4.90 Å². The number of rotatable bonds is 4. The predicted octanol–water partition coefficient (Wildman–Crippen LogP) is 4.08. The summed E-state index contributed by atoms with van der Waals surface area (Å²) in [4.78, 5) is 17.3. The summed E-state index contributed by atoms with van der Waals surface area (Å²) in [5, 5.41) is 0. The molecule has 0 saturated carbocycles. The second-order valence-electron chi connectivity index (χ2n) is 8.58. The van der Waals surface area contributed by atoms with Crippen LogP contribution in [0.2, 0.25) is 0 Å². The summed E-state index contributed by atoms with van der Waals surface area (Å²) in [6.07, 6.45) is 1.04. The normalized spacial score (nSPS) is 18.0. The maximum Gasteiger partial charge on any atom is 0.253 e. The van der Waals surface area contributed by atoms with Gasteiger partial charge in [-0.1, -0.05) is 32.9 Å². The molecule has 0 radical (unpaired) electrons. The summed E-state index contributed by atoms with van der Waals surface area (Å²) < 4.78 is 0. The molecule has 1 aliphatic heterocycles. The van der Waals surface area contributed by atoms with E-state index in [0.717, 1.165) is 38.2 Å². The third-order valence-corrected chi connectivity index (χ3v) is 5.39. The first-order valence-corrected chi connectivity index (χ1v) is 9.31. The highest BCUT2D eigenvalue weighted by molar-refractivity contribution is 5.94. The van der Waals surface area contributed by atoms with Gasteiger partial charge in [0.05, 0.1) is 0 Å². The molecule has 2 rings (SSSR count). The Hall–Kier alpha value is -1.35. The van der Waals surface area contributed by atoms with E-state index in [1.807, 2.05) is 17.0 Å². The van der Waals surface area contributed by atoms with Gasteiger partial charge in [-0.3, -0.25) is 9.69 Å². The number of benzene rings is 1. The number of hydrogen-bond donors (Lipinski definition) is 0. The second-order valence-corrected chi connectivity index (χ2v) is 8.58. The molecule has 0 spiro atoms. The fourth-order valence-electron chi connectivity index (χ4n) is 3.20. The van der Waals surface area contributed by atoms with Crippen molar-refractivity contribution in [1.82, 2.24) is 9.80 Å². The topological polar surface area (TPSA) is 23.6 Å². The molecule has 3 nitrogen and oxygen atoms in total. The van der Waals surface area contributed by atoms with Gasteiger partial charge in [0.25, 0.3) is 5.91 Å². The molecule has 1 saturated heterocycles. The third-order valence-electron chi connectivity index (χ3n) is 5.39. The predicted molar refractivity (Wildman–Crippen MR) is 101 cm³/mol. The van der Waals surface area contributed by atoms with Gasteiger partial charge in [-0.15, -0.1) is 0 Å². The fraction of sp³-hybridized carbons (Fsp3) is 0.667. The molecular weight excluding hydrogens is 296 g/mol. The molecule has 1 heterocycles. The lowest BCUT2D eigenvalue weighted by molar-refractivity contribution is 0.0451. The molecule has 3 heteroatoms. The molecule has 1 atom stereocenters. The van der Waals surface area contributed by atoms with Crippen molar-refractivity contribution >= 4 is 5.91 Å². The molecule has 1 aromatic carbocycles. The Bertz CT molecular complexity index is 551. The van der Waals surface area contributed by atoms with Crippen LogP contribution < -0.4 is 0 Å². The molecule has 0 aliphatic carbocycles. The number of carbonyl (C=O) groups is 1. The minimum Gasteiger partial charge on any atom is -0.336 e. The highest BCUT2D eigenvalue weighted by Gasteiger charge is 2.28. The van der Waals surface area contributed by atoms with Crippen LogP contribution in [-0.2, 0) is 6.42 Å². The molecule has 134 valence electrons. The quantitative estimate of drug-likeness (QED) is 0.830. The Morgan fingerprint density at radius 1 is 1.08 bits per heavy atom. The van der Waals surface area contributed by atoms with E-state index in [1.54, 1.807) is 0 Å². The minimum absolute atomic E-state index is 0.183. The van der Waals surface area contributed by atoms with Crippen molar-refractivity contribution in [1.29, 1.82) is 0 Å². The summed E-state index contributed by atoms with van der Waals surface area (Å²) in [6.45, 7) is 17.1. The molecule has 0 aromatic heterocycles. The van der Waals surface area contributed by atoms with Crippen LogP contribution in [0.1, 0.15) is 57.5 Å². The molecular formula is C21H34N2O. The van der Waals surface area contributed by atoms with Crippen molar-refractivity contribution in [3.63, 3.8) is 0 Å². The third kappa shape index (κ3) is 4.83. The van der Waals surface area contributed by atoms with Crippen LogP contribution in [0.3, 0.4) is 0 Å². The van der Waals surface area contributed by atoms with Gasteiger partial charge in [0.2, 0.25) is 0 Å². The van der Waals surface area contributed by atoms with E-state index in [1.165, 1.54) is 5.56 Å². The van der Waals surface area contributed by atoms with E-state index in [4.69, 9.17) is 0 Å². The van der Waals surface area contributed by atoms with Crippen molar-refractivity contribution in [2.24, 2.45) is 11.8 Å². The second kappa shape index (κ2) is 7.69. The summed E-state index contributed by atoms with van der Waals surface area (Å²) in [6, 6.07) is 8.23. The Morgan fingerprint density at radius 3 is 2.25 bits per heavy atom. The van der Waals surface area contributed by atoms with E-state index in [-0.39, 0.29) is 11.4 Å². The first-order chi connectivity index (χ1) is 11.2. The van der Waals surface area contributed by atoms with Gasteiger partial charge in [0.15, 0.2) is 0 Å². The number of hydrogen-bond acceptors (Lipinski definition) is 2. The Kier molecular flexibility index (Phi) is 6.08. The van der Waals surface area contributed by atoms with E-state index in [2.05, 4.69) is 58.6 Å². The molecule has 0 bridgehead atoms. The molecule has 0 unspecified atom stereocenters. The average Bonchev–Trinajstić information content (AvgIpc) is 2.53. The maximum absolute atomic E-state index is 12.8. The first-order valence-electron chi connectivity index (χ1n) is 9.31. The Morgan fingerprint density at radius 2 is 1.71 bits per heavy atom.